The number of hydrogen-bond acceptors (Lipinski definition) is 8. The predicted octanol–water partition coefficient (Wildman–Crippen LogP) is 3.77. The molecule has 0 fully saturated rings. The second-order valence-corrected chi connectivity index (χ2v) is 7.95. The molecule has 1 amide bonds. The van der Waals surface area contributed by atoms with Crippen molar-refractivity contribution >= 4 is 17.7 Å². The molecular weight excluding hydrogens is 442 g/mol. The number of ether oxygens (including phenoxy) is 4. The van der Waals surface area contributed by atoms with Crippen LogP contribution in [0.3, 0.4) is 0 Å². The van der Waals surface area contributed by atoms with Gasteiger partial charge >= 0.3 is 0 Å². The monoisotopic (exact) mass is 463 g/mol. The molecule has 0 aliphatic carbocycles. The van der Waals surface area contributed by atoms with Gasteiger partial charge in [0.1, 0.15) is 11.1 Å². The number of nitrogens with one attached hydrogen (secondary N) is 1. The number of rotatable bonds is 8. The van der Waals surface area contributed by atoms with E-state index in [2.05, 4.69) is 16.4 Å². The number of fused-ring (bicyclic) bond motifs is 1. The van der Waals surface area contributed by atoms with Gasteiger partial charge in [0, 0.05) is 12.1 Å². The average Bonchev–Trinajstić information content (AvgIpc) is 3.33. The third-order valence-corrected chi connectivity index (χ3v) is 5.92. The molecule has 0 saturated carbocycles. The van der Waals surface area contributed by atoms with Gasteiger partial charge in [-0.3, -0.25) is 4.79 Å². The molecule has 0 unspecified atom stereocenters. The quantitative estimate of drug-likeness (QED) is 0.504. The first-order valence-corrected chi connectivity index (χ1v) is 11.0. The molecule has 0 spiro atoms. The Morgan fingerprint density at radius 1 is 1.09 bits per heavy atom. The van der Waals surface area contributed by atoms with Gasteiger partial charge < -0.3 is 24.3 Å². The number of hydrogen-bond donors (Lipinski definition) is 1. The molecule has 0 saturated heterocycles. The Kier molecular flexibility index (Phi) is 6.86. The molecule has 168 valence electrons. The van der Waals surface area contributed by atoms with Crippen LogP contribution < -0.4 is 24.3 Å². The number of amides is 1. The van der Waals surface area contributed by atoms with Crippen LogP contribution in [-0.2, 0) is 11.3 Å². The number of nitriles is 1. The number of aromatic nitrogens is 1. The topological polar surface area (TPSA) is 103 Å². The van der Waals surface area contributed by atoms with Gasteiger partial charge in [0.25, 0.3) is 0 Å². The van der Waals surface area contributed by atoms with Crippen molar-refractivity contribution < 1.29 is 23.7 Å². The highest BCUT2D eigenvalue weighted by Crippen LogP contribution is 2.36. The van der Waals surface area contributed by atoms with E-state index in [4.69, 9.17) is 18.9 Å². The van der Waals surface area contributed by atoms with Crippen LogP contribution in [0.1, 0.15) is 11.1 Å². The van der Waals surface area contributed by atoms with Gasteiger partial charge in [-0.05, 0) is 48.0 Å². The van der Waals surface area contributed by atoms with Gasteiger partial charge in [0.2, 0.25) is 12.7 Å². The Morgan fingerprint density at radius 3 is 2.70 bits per heavy atom. The molecule has 4 rings (SSSR count). The number of carbonyl (C=O) groups excluding carboxylic acids is 1. The van der Waals surface area contributed by atoms with E-state index in [0.717, 1.165) is 11.1 Å². The molecule has 0 bridgehead atoms. The molecule has 1 aliphatic rings. The van der Waals surface area contributed by atoms with Crippen molar-refractivity contribution in [3.05, 3.63) is 59.7 Å². The fourth-order valence-electron chi connectivity index (χ4n) is 3.23. The molecule has 0 atom stereocenters. The summed E-state index contributed by atoms with van der Waals surface area (Å²) < 4.78 is 21.3. The van der Waals surface area contributed by atoms with Gasteiger partial charge in [-0.25, -0.2) is 4.98 Å². The lowest BCUT2D eigenvalue weighted by Gasteiger charge is -2.11. The van der Waals surface area contributed by atoms with Crippen molar-refractivity contribution in [2.24, 2.45) is 0 Å². The van der Waals surface area contributed by atoms with Gasteiger partial charge in [-0.2, -0.15) is 5.26 Å². The highest BCUT2D eigenvalue weighted by molar-refractivity contribution is 8.00. The molecule has 8 nitrogen and oxygen atoms in total. The Hall–Kier alpha value is -3.90. The van der Waals surface area contributed by atoms with Crippen LogP contribution in [0.4, 0.5) is 0 Å². The zero-order chi connectivity index (χ0) is 23.2. The minimum Gasteiger partial charge on any atom is -0.493 e. The van der Waals surface area contributed by atoms with Crippen LogP contribution in [-0.4, -0.2) is 37.7 Å². The number of pyridine rings is 1. The maximum Gasteiger partial charge on any atom is 0.231 e. The number of benzene rings is 2. The first kappa shape index (κ1) is 22.3. The Labute approximate surface area is 195 Å². The standard InChI is InChI=1S/C24H21N3O5S/c1-29-19-7-3-15(9-21(19)30-2)12-26-23(28)13-33-24-17(11-25)4-6-18(27-24)16-5-8-20-22(10-16)32-14-31-20/h3-10H,12-14H2,1-2H3,(H,26,28). The van der Waals surface area contributed by atoms with Crippen LogP contribution >= 0.6 is 11.8 Å². The molecular formula is C24H21N3O5S. The van der Waals surface area contributed by atoms with Crippen LogP contribution in [0.15, 0.2) is 53.6 Å². The maximum absolute atomic E-state index is 12.4. The van der Waals surface area contributed by atoms with E-state index in [9.17, 15) is 10.1 Å². The normalized spacial score (nSPS) is 11.5. The predicted molar refractivity (Wildman–Crippen MR) is 123 cm³/mol. The van der Waals surface area contributed by atoms with Gasteiger partial charge in [0.15, 0.2) is 23.0 Å². The average molecular weight is 464 g/mol. The highest BCUT2D eigenvalue weighted by Gasteiger charge is 2.16. The van der Waals surface area contributed by atoms with Crippen LogP contribution in [0, 0.1) is 11.3 Å². The molecule has 9 heteroatoms. The van der Waals surface area contributed by atoms with E-state index in [-0.39, 0.29) is 18.5 Å². The second-order valence-electron chi connectivity index (χ2n) is 6.98. The van der Waals surface area contributed by atoms with Gasteiger partial charge in [-0.1, -0.05) is 17.8 Å². The molecule has 1 aromatic heterocycles. The summed E-state index contributed by atoms with van der Waals surface area (Å²) in [6.07, 6.45) is 0. The second kappa shape index (κ2) is 10.1. The molecule has 3 aromatic rings. The lowest BCUT2D eigenvalue weighted by molar-refractivity contribution is -0.118. The van der Waals surface area contributed by atoms with E-state index >= 15 is 0 Å². The van der Waals surface area contributed by atoms with Crippen molar-refractivity contribution in [2.75, 3.05) is 26.8 Å². The van der Waals surface area contributed by atoms with E-state index in [0.29, 0.717) is 45.8 Å². The number of thioether (sulfide) groups is 1. The van der Waals surface area contributed by atoms with E-state index in [1.165, 1.54) is 11.8 Å². The van der Waals surface area contributed by atoms with Crippen LogP contribution in [0.25, 0.3) is 11.3 Å². The van der Waals surface area contributed by atoms with Crippen molar-refractivity contribution in [1.82, 2.24) is 10.3 Å². The van der Waals surface area contributed by atoms with Gasteiger partial charge in [-0.15, -0.1) is 0 Å². The Bertz CT molecular complexity index is 1230. The largest absolute Gasteiger partial charge is 0.493 e. The van der Waals surface area contributed by atoms with Crippen LogP contribution in [0.5, 0.6) is 23.0 Å². The molecule has 1 aliphatic heterocycles. The van der Waals surface area contributed by atoms with Gasteiger partial charge in [0.05, 0.1) is 31.2 Å². The Balaban J connectivity index is 1.41. The van der Waals surface area contributed by atoms with Crippen molar-refractivity contribution in [2.45, 2.75) is 11.6 Å². The van der Waals surface area contributed by atoms with Crippen molar-refractivity contribution in [3.63, 3.8) is 0 Å². The number of methoxy groups -OCH3 is 2. The summed E-state index contributed by atoms with van der Waals surface area (Å²) in [5, 5.41) is 12.8. The molecule has 0 radical (unpaired) electrons. The third-order valence-electron chi connectivity index (χ3n) is 4.93. The fourth-order valence-corrected chi connectivity index (χ4v) is 4.03. The Morgan fingerprint density at radius 2 is 1.91 bits per heavy atom. The molecule has 1 N–H and O–H groups in total. The summed E-state index contributed by atoms with van der Waals surface area (Å²) in [5.74, 6) is 2.52. The van der Waals surface area contributed by atoms with E-state index < -0.39 is 0 Å². The lowest BCUT2D eigenvalue weighted by Crippen LogP contribution is -2.24. The highest BCUT2D eigenvalue weighted by atomic mass is 32.2. The van der Waals surface area contributed by atoms with Crippen LogP contribution in [0.2, 0.25) is 0 Å². The first-order chi connectivity index (χ1) is 16.1. The SMILES string of the molecule is COc1ccc(CNC(=O)CSc2nc(-c3ccc4c(c3)OCO4)ccc2C#N)cc1OC. The third kappa shape index (κ3) is 5.13. The molecule has 2 heterocycles. The zero-order valence-corrected chi connectivity index (χ0v) is 18.9. The minimum absolute atomic E-state index is 0.125. The van der Waals surface area contributed by atoms with Crippen molar-refractivity contribution in [1.29, 1.82) is 5.26 Å². The summed E-state index contributed by atoms with van der Waals surface area (Å²) in [6.45, 7) is 0.536. The summed E-state index contributed by atoms with van der Waals surface area (Å²) in [4.78, 5) is 17.0. The van der Waals surface area contributed by atoms with Crippen molar-refractivity contribution in [3.8, 4) is 40.3 Å². The summed E-state index contributed by atoms with van der Waals surface area (Å²) in [6, 6.07) is 16.6. The minimum atomic E-state index is -0.172. The first-order valence-electron chi connectivity index (χ1n) is 10.0. The number of nitrogens with zero attached hydrogens (tertiary/aromatic N) is 2. The summed E-state index contributed by atoms with van der Waals surface area (Å²) >= 11 is 1.22. The fraction of sp³-hybridized carbons (Fsp3) is 0.208. The van der Waals surface area contributed by atoms with E-state index in [1.807, 2.05) is 30.3 Å². The van der Waals surface area contributed by atoms with E-state index in [1.54, 1.807) is 32.4 Å². The summed E-state index contributed by atoms with van der Waals surface area (Å²) in [7, 11) is 3.13. The summed E-state index contributed by atoms with van der Waals surface area (Å²) in [5.41, 5.74) is 2.81. The molecule has 2 aromatic carbocycles. The zero-order valence-electron chi connectivity index (χ0n) is 18.1. The number of carbonyl (C=O) groups is 1. The molecule has 33 heavy (non-hydrogen) atoms. The lowest BCUT2D eigenvalue weighted by atomic mass is 10.1. The smallest absolute Gasteiger partial charge is 0.231 e. The maximum atomic E-state index is 12.4.